The third-order valence-electron chi connectivity index (χ3n) is 4.65. The zero-order valence-electron chi connectivity index (χ0n) is 17.2. The van der Waals surface area contributed by atoms with Crippen molar-refractivity contribution in [2.75, 3.05) is 6.61 Å². The summed E-state index contributed by atoms with van der Waals surface area (Å²) in [6, 6.07) is 7.52. The third kappa shape index (κ3) is 5.20. The largest absolute Gasteiger partial charge is 0.472 e. The summed E-state index contributed by atoms with van der Waals surface area (Å²) in [7, 11) is 0. The SMILES string of the molecule is Cc1ccc(C(=O)N[C@H](C)CO)cc1-n1cnc(OCc2ccc(F)cc2F)c(Br)c1=O. The molecule has 10 heteroatoms. The zero-order chi connectivity index (χ0) is 23.4. The molecule has 0 radical (unpaired) electrons. The van der Waals surface area contributed by atoms with Crippen molar-refractivity contribution in [3.8, 4) is 11.6 Å². The number of halogens is 3. The minimum absolute atomic E-state index is 0.00526. The molecule has 168 valence electrons. The van der Waals surface area contributed by atoms with E-state index in [0.29, 0.717) is 11.3 Å². The molecule has 0 aliphatic rings. The first-order valence-electron chi connectivity index (χ1n) is 9.58. The Hall–Kier alpha value is -3.11. The average molecular weight is 508 g/mol. The van der Waals surface area contributed by atoms with Crippen molar-refractivity contribution in [2.24, 2.45) is 0 Å². The van der Waals surface area contributed by atoms with Gasteiger partial charge in [0.1, 0.15) is 29.0 Å². The van der Waals surface area contributed by atoms with E-state index in [-0.39, 0.29) is 29.1 Å². The molecule has 0 saturated heterocycles. The number of aromatic nitrogens is 2. The van der Waals surface area contributed by atoms with E-state index in [4.69, 9.17) is 9.84 Å². The number of carbonyl (C=O) groups is 1. The molecule has 1 amide bonds. The summed E-state index contributed by atoms with van der Waals surface area (Å²) in [4.78, 5) is 29.4. The van der Waals surface area contributed by atoms with Crippen LogP contribution in [0, 0.1) is 18.6 Å². The van der Waals surface area contributed by atoms with Gasteiger partial charge in [-0.15, -0.1) is 0 Å². The Morgan fingerprint density at radius 1 is 1.28 bits per heavy atom. The highest BCUT2D eigenvalue weighted by atomic mass is 79.9. The van der Waals surface area contributed by atoms with E-state index in [1.807, 2.05) is 0 Å². The van der Waals surface area contributed by atoms with E-state index >= 15 is 0 Å². The molecule has 1 aromatic heterocycles. The van der Waals surface area contributed by atoms with E-state index in [1.165, 1.54) is 17.0 Å². The van der Waals surface area contributed by atoms with Crippen LogP contribution >= 0.6 is 15.9 Å². The van der Waals surface area contributed by atoms with Crippen molar-refractivity contribution >= 4 is 21.8 Å². The maximum Gasteiger partial charge on any atom is 0.276 e. The predicted octanol–water partition coefficient (Wildman–Crippen LogP) is 3.27. The minimum Gasteiger partial charge on any atom is -0.472 e. The van der Waals surface area contributed by atoms with E-state index < -0.39 is 29.1 Å². The number of carbonyl (C=O) groups excluding carboxylic acids is 1. The van der Waals surface area contributed by atoms with E-state index in [0.717, 1.165) is 17.7 Å². The maximum absolute atomic E-state index is 13.8. The van der Waals surface area contributed by atoms with E-state index in [1.54, 1.807) is 32.0 Å². The van der Waals surface area contributed by atoms with Crippen LogP contribution < -0.4 is 15.6 Å². The summed E-state index contributed by atoms with van der Waals surface area (Å²) >= 11 is 3.16. The van der Waals surface area contributed by atoms with Crippen molar-refractivity contribution in [2.45, 2.75) is 26.5 Å². The lowest BCUT2D eigenvalue weighted by Gasteiger charge is -2.15. The summed E-state index contributed by atoms with van der Waals surface area (Å²) < 4.78 is 33.5. The highest BCUT2D eigenvalue weighted by molar-refractivity contribution is 9.10. The molecular weight excluding hydrogens is 488 g/mol. The van der Waals surface area contributed by atoms with Crippen molar-refractivity contribution in [1.82, 2.24) is 14.9 Å². The van der Waals surface area contributed by atoms with Crippen LogP contribution in [-0.4, -0.2) is 33.2 Å². The van der Waals surface area contributed by atoms with Crippen LogP contribution in [0.25, 0.3) is 5.69 Å². The Bertz CT molecular complexity index is 1220. The monoisotopic (exact) mass is 507 g/mol. The van der Waals surface area contributed by atoms with Gasteiger partial charge in [-0.3, -0.25) is 14.2 Å². The number of hydrogen-bond acceptors (Lipinski definition) is 5. The number of hydrogen-bond donors (Lipinski definition) is 2. The van der Waals surface area contributed by atoms with Crippen LogP contribution in [0.15, 0.2) is 52.0 Å². The molecule has 32 heavy (non-hydrogen) atoms. The molecule has 1 heterocycles. The highest BCUT2D eigenvalue weighted by Crippen LogP contribution is 2.22. The van der Waals surface area contributed by atoms with Crippen LogP contribution in [0.3, 0.4) is 0 Å². The summed E-state index contributed by atoms with van der Waals surface area (Å²) in [5.74, 6) is -1.92. The van der Waals surface area contributed by atoms with Gasteiger partial charge in [0.2, 0.25) is 5.88 Å². The van der Waals surface area contributed by atoms with Gasteiger partial charge in [0.25, 0.3) is 11.5 Å². The third-order valence-corrected chi connectivity index (χ3v) is 5.32. The van der Waals surface area contributed by atoms with Crippen molar-refractivity contribution < 1.29 is 23.4 Å². The smallest absolute Gasteiger partial charge is 0.276 e. The van der Waals surface area contributed by atoms with Crippen molar-refractivity contribution in [3.05, 3.63) is 85.9 Å². The molecule has 7 nitrogen and oxygen atoms in total. The van der Waals surface area contributed by atoms with Crippen molar-refractivity contribution in [3.63, 3.8) is 0 Å². The van der Waals surface area contributed by atoms with Gasteiger partial charge in [0.15, 0.2) is 0 Å². The molecule has 0 saturated carbocycles. The van der Waals surface area contributed by atoms with Crippen LogP contribution in [0.5, 0.6) is 5.88 Å². The second kappa shape index (κ2) is 10.0. The number of benzene rings is 2. The maximum atomic E-state index is 13.8. The molecular formula is C22H20BrF2N3O4. The Balaban J connectivity index is 1.88. The number of aliphatic hydroxyl groups is 1. The van der Waals surface area contributed by atoms with Gasteiger partial charge >= 0.3 is 0 Å². The standard InChI is InChI=1S/C22H20BrF2N3O4/c1-12-3-4-14(20(30)27-13(2)9-29)7-18(12)28-11-26-21(19(23)22(28)31)32-10-15-5-6-16(24)8-17(15)25/h3-8,11,13,29H,9-10H2,1-2H3,(H,27,30)/t13-/m1/s1. The molecule has 3 rings (SSSR count). The number of nitrogens with zero attached hydrogens (tertiary/aromatic N) is 2. The quantitative estimate of drug-likeness (QED) is 0.511. The van der Waals surface area contributed by atoms with Gasteiger partial charge in [-0.05, 0) is 59.6 Å². The molecule has 2 aromatic carbocycles. The molecule has 0 aliphatic heterocycles. The Kier molecular flexibility index (Phi) is 7.37. The second-order valence-corrected chi connectivity index (χ2v) is 7.91. The first-order valence-corrected chi connectivity index (χ1v) is 10.4. The number of aryl methyl sites for hydroxylation is 1. The van der Waals surface area contributed by atoms with Gasteiger partial charge in [-0.2, -0.15) is 0 Å². The Morgan fingerprint density at radius 2 is 2.03 bits per heavy atom. The number of aliphatic hydroxyl groups excluding tert-OH is 1. The fraction of sp³-hybridized carbons (Fsp3) is 0.227. The lowest BCUT2D eigenvalue weighted by atomic mass is 10.1. The molecule has 0 fully saturated rings. The fourth-order valence-corrected chi connectivity index (χ4v) is 3.24. The lowest BCUT2D eigenvalue weighted by Crippen LogP contribution is -2.35. The highest BCUT2D eigenvalue weighted by Gasteiger charge is 2.16. The summed E-state index contributed by atoms with van der Waals surface area (Å²) in [6.45, 7) is 2.98. The summed E-state index contributed by atoms with van der Waals surface area (Å²) in [5, 5.41) is 11.8. The molecule has 2 N–H and O–H groups in total. The lowest BCUT2D eigenvalue weighted by molar-refractivity contribution is 0.0922. The van der Waals surface area contributed by atoms with E-state index in [2.05, 4.69) is 26.2 Å². The number of nitrogens with one attached hydrogen (secondary N) is 1. The van der Waals surface area contributed by atoms with Gasteiger partial charge < -0.3 is 15.2 Å². The topological polar surface area (TPSA) is 93.5 Å². The number of ether oxygens (including phenoxy) is 1. The Morgan fingerprint density at radius 3 is 2.72 bits per heavy atom. The predicted molar refractivity (Wildman–Crippen MR) is 117 cm³/mol. The molecule has 1 atom stereocenters. The zero-order valence-corrected chi connectivity index (χ0v) is 18.8. The van der Waals surface area contributed by atoms with Crippen LogP contribution in [0.1, 0.15) is 28.4 Å². The van der Waals surface area contributed by atoms with Crippen molar-refractivity contribution in [1.29, 1.82) is 0 Å². The Labute approximate surface area is 190 Å². The van der Waals surface area contributed by atoms with Gasteiger partial charge in [-0.25, -0.2) is 13.8 Å². The van der Waals surface area contributed by atoms with Gasteiger partial charge in [0, 0.05) is 23.2 Å². The molecule has 0 bridgehead atoms. The second-order valence-electron chi connectivity index (χ2n) is 7.12. The molecule has 0 unspecified atom stereocenters. The normalized spacial score (nSPS) is 11.8. The van der Waals surface area contributed by atoms with Gasteiger partial charge in [0.05, 0.1) is 12.3 Å². The van der Waals surface area contributed by atoms with Crippen LogP contribution in [-0.2, 0) is 6.61 Å². The summed E-state index contributed by atoms with van der Waals surface area (Å²) in [6.07, 6.45) is 1.24. The summed E-state index contributed by atoms with van der Waals surface area (Å²) in [5.41, 5.74) is 1.06. The molecule has 0 aliphatic carbocycles. The number of amides is 1. The van der Waals surface area contributed by atoms with Crippen LogP contribution in [0.2, 0.25) is 0 Å². The molecule has 3 aromatic rings. The van der Waals surface area contributed by atoms with Crippen LogP contribution in [0.4, 0.5) is 8.78 Å². The number of rotatable bonds is 7. The molecule has 0 spiro atoms. The minimum atomic E-state index is -0.768. The van der Waals surface area contributed by atoms with Gasteiger partial charge in [-0.1, -0.05) is 6.07 Å². The average Bonchev–Trinajstić information content (AvgIpc) is 2.76. The van der Waals surface area contributed by atoms with E-state index in [9.17, 15) is 18.4 Å². The fourth-order valence-electron chi connectivity index (χ4n) is 2.84. The first-order chi connectivity index (χ1) is 15.2. The first kappa shape index (κ1) is 23.6.